The van der Waals surface area contributed by atoms with Crippen molar-refractivity contribution >= 4 is 22.9 Å². The van der Waals surface area contributed by atoms with Crippen molar-refractivity contribution in [2.45, 2.75) is 32.6 Å². The maximum absolute atomic E-state index is 11.3. The Balaban J connectivity index is 2.24. The molecule has 0 fully saturated rings. The van der Waals surface area contributed by atoms with Crippen LogP contribution in [0.4, 0.5) is 0 Å². The molecule has 2 rings (SSSR count). The number of ether oxygens (including phenoxy) is 1. The van der Waals surface area contributed by atoms with Gasteiger partial charge in [0.2, 0.25) is 0 Å². The predicted octanol–water partition coefficient (Wildman–Crippen LogP) is 5.26. The summed E-state index contributed by atoms with van der Waals surface area (Å²) < 4.78 is 4.70. The molecule has 1 aromatic carbocycles. The number of benzene rings is 1. The largest absolute Gasteiger partial charge is 0.469 e. The van der Waals surface area contributed by atoms with Gasteiger partial charge >= 0.3 is 5.97 Å². The molecule has 0 amide bonds. The summed E-state index contributed by atoms with van der Waals surface area (Å²) in [7, 11) is 1.43. The van der Waals surface area contributed by atoms with Gasteiger partial charge in [-0.15, -0.1) is 0 Å². The molecule has 0 aliphatic heterocycles. The number of allylic oxidation sites excluding steroid dienone is 1. The van der Waals surface area contributed by atoms with Crippen molar-refractivity contribution in [3.05, 3.63) is 63.9 Å². The van der Waals surface area contributed by atoms with Crippen molar-refractivity contribution in [3.8, 4) is 0 Å². The average molecular weight is 314 g/mol. The third kappa shape index (κ3) is 4.31. The second-order valence-electron chi connectivity index (χ2n) is 5.52. The van der Waals surface area contributed by atoms with Crippen molar-refractivity contribution in [3.63, 3.8) is 0 Å². The zero-order chi connectivity index (χ0) is 15.9. The van der Waals surface area contributed by atoms with Crippen LogP contribution in [-0.4, -0.2) is 13.1 Å². The lowest BCUT2D eigenvalue weighted by Crippen LogP contribution is -1.98. The summed E-state index contributed by atoms with van der Waals surface area (Å²) in [5.74, 6) is 0.359. The first-order valence-electron chi connectivity index (χ1n) is 7.51. The fourth-order valence-electron chi connectivity index (χ4n) is 2.30. The lowest BCUT2D eigenvalue weighted by molar-refractivity contribution is -0.140. The minimum atomic E-state index is -0.170. The van der Waals surface area contributed by atoms with Gasteiger partial charge in [0, 0.05) is 6.42 Å². The van der Waals surface area contributed by atoms with E-state index in [2.05, 4.69) is 61.0 Å². The van der Waals surface area contributed by atoms with E-state index in [9.17, 15) is 4.79 Å². The zero-order valence-electron chi connectivity index (χ0n) is 13.3. The van der Waals surface area contributed by atoms with Crippen LogP contribution in [0.5, 0.6) is 0 Å². The molecule has 2 aromatic rings. The van der Waals surface area contributed by atoms with E-state index in [1.807, 2.05) is 0 Å². The van der Waals surface area contributed by atoms with Crippen LogP contribution in [0.2, 0.25) is 0 Å². The summed E-state index contributed by atoms with van der Waals surface area (Å²) in [5.41, 5.74) is 4.91. The first kappa shape index (κ1) is 16.5. The van der Waals surface area contributed by atoms with Crippen LogP contribution in [0, 0.1) is 0 Å². The number of carbonyl (C=O) groups excluding carboxylic acids is 1. The SMILES string of the molecule is COC(=O)CC/C=C(\c1ccc(C(C)C)cc1)c1ccsc1. The molecular formula is C19H22O2S. The Kier molecular flexibility index (Phi) is 5.96. The lowest BCUT2D eigenvalue weighted by Gasteiger charge is -2.10. The normalized spacial score (nSPS) is 11.7. The first-order chi connectivity index (χ1) is 10.6. The smallest absolute Gasteiger partial charge is 0.305 e. The number of methoxy groups -OCH3 is 1. The van der Waals surface area contributed by atoms with Gasteiger partial charge < -0.3 is 4.74 Å². The molecule has 0 atom stereocenters. The Labute approximate surface area is 136 Å². The van der Waals surface area contributed by atoms with Crippen LogP contribution in [0.3, 0.4) is 0 Å². The Morgan fingerprint density at radius 2 is 1.91 bits per heavy atom. The third-order valence-electron chi connectivity index (χ3n) is 3.65. The van der Waals surface area contributed by atoms with Gasteiger partial charge in [-0.3, -0.25) is 4.79 Å². The van der Waals surface area contributed by atoms with Gasteiger partial charge in [0.25, 0.3) is 0 Å². The highest BCUT2D eigenvalue weighted by Crippen LogP contribution is 2.27. The van der Waals surface area contributed by atoms with Crippen LogP contribution >= 0.6 is 11.3 Å². The second-order valence-corrected chi connectivity index (χ2v) is 6.30. The van der Waals surface area contributed by atoms with E-state index in [1.54, 1.807) is 11.3 Å². The van der Waals surface area contributed by atoms with Gasteiger partial charge in [-0.25, -0.2) is 0 Å². The molecule has 0 aliphatic carbocycles. The van der Waals surface area contributed by atoms with E-state index in [0.29, 0.717) is 18.8 Å². The Morgan fingerprint density at radius 3 is 2.45 bits per heavy atom. The average Bonchev–Trinajstić information content (AvgIpc) is 3.05. The molecule has 0 saturated carbocycles. The minimum Gasteiger partial charge on any atom is -0.469 e. The van der Waals surface area contributed by atoms with Crippen molar-refractivity contribution < 1.29 is 9.53 Å². The maximum atomic E-state index is 11.3. The summed E-state index contributed by atoms with van der Waals surface area (Å²) in [6, 6.07) is 10.8. The monoisotopic (exact) mass is 314 g/mol. The number of carbonyl (C=O) groups is 1. The van der Waals surface area contributed by atoms with Gasteiger partial charge in [-0.1, -0.05) is 44.2 Å². The second kappa shape index (κ2) is 7.95. The Morgan fingerprint density at radius 1 is 1.18 bits per heavy atom. The van der Waals surface area contributed by atoms with E-state index < -0.39 is 0 Å². The van der Waals surface area contributed by atoms with Crippen molar-refractivity contribution in [2.24, 2.45) is 0 Å². The molecule has 0 spiro atoms. The topological polar surface area (TPSA) is 26.3 Å². The molecule has 1 aromatic heterocycles. The van der Waals surface area contributed by atoms with E-state index >= 15 is 0 Å². The van der Waals surface area contributed by atoms with Crippen molar-refractivity contribution in [1.29, 1.82) is 0 Å². The fourth-order valence-corrected chi connectivity index (χ4v) is 2.96. The van der Waals surface area contributed by atoms with E-state index in [1.165, 1.54) is 29.4 Å². The van der Waals surface area contributed by atoms with E-state index in [-0.39, 0.29) is 5.97 Å². The van der Waals surface area contributed by atoms with Gasteiger partial charge in [-0.2, -0.15) is 11.3 Å². The summed E-state index contributed by atoms with van der Waals surface area (Å²) in [6.45, 7) is 4.39. The molecule has 22 heavy (non-hydrogen) atoms. The number of hydrogen-bond acceptors (Lipinski definition) is 3. The van der Waals surface area contributed by atoms with Gasteiger partial charge in [-0.05, 0) is 51.4 Å². The zero-order valence-corrected chi connectivity index (χ0v) is 14.2. The molecule has 116 valence electrons. The molecule has 0 aliphatic rings. The van der Waals surface area contributed by atoms with Gasteiger partial charge in [0.15, 0.2) is 0 Å². The quantitative estimate of drug-likeness (QED) is 0.680. The minimum absolute atomic E-state index is 0.170. The number of esters is 1. The van der Waals surface area contributed by atoms with Crippen LogP contribution in [-0.2, 0) is 9.53 Å². The first-order valence-corrected chi connectivity index (χ1v) is 8.46. The molecule has 0 unspecified atom stereocenters. The van der Waals surface area contributed by atoms with Crippen molar-refractivity contribution in [1.82, 2.24) is 0 Å². The molecule has 0 radical (unpaired) electrons. The number of rotatable bonds is 6. The third-order valence-corrected chi connectivity index (χ3v) is 4.33. The van der Waals surface area contributed by atoms with Crippen LogP contribution in [0.15, 0.2) is 47.2 Å². The summed E-state index contributed by atoms with van der Waals surface area (Å²) in [6.07, 6.45) is 3.22. The van der Waals surface area contributed by atoms with Crippen molar-refractivity contribution in [2.75, 3.05) is 7.11 Å². The highest BCUT2D eigenvalue weighted by atomic mass is 32.1. The number of hydrogen-bond donors (Lipinski definition) is 0. The molecule has 0 bridgehead atoms. The molecule has 0 N–H and O–H groups in total. The van der Waals surface area contributed by atoms with Gasteiger partial charge in [0.05, 0.1) is 7.11 Å². The lowest BCUT2D eigenvalue weighted by atomic mass is 9.95. The van der Waals surface area contributed by atoms with Crippen LogP contribution in [0.25, 0.3) is 5.57 Å². The van der Waals surface area contributed by atoms with Crippen LogP contribution < -0.4 is 0 Å². The number of thiophene rings is 1. The predicted molar refractivity (Wildman–Crippen MR) is 93.2 cm³/mol. The molecule has 2 nitrogen and oxygen atoms in total. The molecular weight excluding hydrogens is 292 g/mol. The van der Waals surface area contributed by atoms with E-state index in [0.717, 1.165) is 0 Å². The summed E-state index contributed by atoms with van der Waals surface area (Å²) >= 11 is 1.68. The summed E-state index contributed by atoms with van der Waals surface area (Å²) in [5, 5.41) is 4.21. The highest BCUT2D eigenvalue weighted by Gasteiger charge is 2.07. The van der Waals surface area contributed by atoms with E-state index in [4.69, 9.17) is 4.74 Å². The van der Waals surface area contributed by atoms with Gasteiger partial charge in [0.1, 0.15) is 0 Å². The Hall–Kier alpha value is -1.87. The molecule has 1 heterocycles. The molecule has 3 heteroatoms. The van der Waals surface area contributed by atoms with Crippen LogP contribution in [0.1, 0.15) is 49.3 Å². The summed E-state index contributed by atoms with van der Waals surface area (Å²) in [4.78, 5) is 11.3. The standard InChI is InChI=1S/C19H22O2S/c1-14(2)15-7-9-16(10-8-15)18(17-11-12-22-13-17)5-4-6-19(20)21-3/h5,7-14H,4,6H2,1-3H3/b18-5+. The fraction of sp³-hybridized carbons (Fsp3) is 0.316. The maximum Gasteiger partial charge on any atom is 0.305 e. The Bertz CT molecular complexity index is 622. The highest BCUT2D eigenvalue weighted by molar-refractivity contribution is 7.08. The molecule has 0 saturated heterocycles.